The van der Waals surface area contributed by atoms with Gasteiger partial charge in [-0.15, -0.1) is 0 Å². The number of aromatic nitrogens is 1. The lowest BCUT2D eigenvalue weighted by atomic mass is 9.97. The minimum Gasteiger partial charge on any atom is -0.444 e. The van der Waals surface area contributed by atoms with Crippen molar-refractivity contribution in [3.05, 3.63) is 24.0 Å². The molecule has 1 aromatic heterocycles. The Bertz CT molecular complexity index is 572. The van der Waals surface area contributed by atoms with Crippen LogP contribution in [0.4, 0.5) is 10.5 Å². The fourth-order valence-electron chi connectivity index (χ4n) is 2.65. The number of nitrogens with one attached hydrogen (secondary N) is 1. The van der Waals surface area contributed by atoms with Crippen LogP contribution in [0, 0.1) is 17.2 Å². The molecular weight excluding hydrogens is 292 g/mol. The van der Waals surface area contributed by atoms with Crippen LogP contribution in [-0.2, 0) is 4.74 Å². The molecule has 1 unspecified atom stereocenters. The summed E-state index contributed by atoms with van der Waals surface area (Å²) in [7, 11) is 0. The van der Waals surface area contributed by atoms with Crippen molar-refractivity contribution < 1.29 is 9.53 Å². The molecule has 0 bridgehead atoms. The van der Waals surface area contributed by atoms with Gasteiger partial charge in [-0.1, -0.05) is 0 Å². The Balaban J connectivity index is 1.85. The first-order valence-electron chi connectivity index (χ1n) is 7.95. The second kappa shape index (κ2) is 7.32. The Hall–Kier alpha value is -2.29. The highest BCUT2D eigenvalue weighted by Crippen LogP contribution is 2.22. The molecule has 0 saturated carbocycles. The van der Waals surface area contributed by atoms with E-state index in [9.17, 15) is 4.79 Å². The van der Waals surface area contributed by atoms with E-state index in [1.165, 1.54) is 0 Å². The Morgan fingerprint density at radius 1 is 1.52 bits per heavy atom. The average molecular weight is 316 g/mol. The topological polar surface area (TPSA) is 78.2 Å². The van der Waals surface area contributed by atoms with Crippen LogP contribution in [0.25, 0.3) is 0 Å². The molecule has 23 heavy (non-hydrogen) atoms. The molecule has 1 amide bonds. The van der Waals surface area contributed by atoms with Crippen LogP contribution in [0.1, 0.15) is 39.3 Å². The van der Waals surface area contributed by atoms with Crippen molar-refractivity contribution in [1.29, 1.82) is 5.26 Å². The zero-order valence-electron chi connectivity index (χ0n) is 14.0. The molecule has 2 heterocycles. The second-order valence-electron chi connectivity index (χ2n) is 6.85. The van der Waals surface area contributed by atoms with Gasteiger partial charge in [-0.25, -0.2) is 9.78 Å². The predicted molar refractivity (Wildman–Crippen MR) is 88.1 cm³/mol. The Morgan fingerprint density at radius 2 is 2.30 bits per heavy atom. The summed E-state index contributed by atoms with van der Waals surface area (Å²) in [5.74, 6) is 0.381. The SMILES string of the molecule is CC(C)(C)OC(=O)NCC1CCCN(c2ccc(C#N)nc2)C1. The highest BCUT2D eigenvalue weighted by Gasteiger charge is 2.22. The number of nitrogens with zero attached hydrogens (tertiary/aromatic N) is 3. The number of rotatable bonds is 3. The van der Waals surface area contributed by atoms with E-state index in [0.29, 0.717) is 18.2 Å². The van der Waals surface area contributed by atoms with E-state index in [1.807, 2.05) is 32.9 Å². The quantitative estimate of drug-likeness (QED) is 0.927. The van der Waals surface area contributed by atoms with Gasteiger partial charge < -0.3 is 15.0 Å². The van der Waals surface area contributed by atoms with E-state index in [-0.39, 0.29) is 6.09 Å². The van der Waals surface area contributed by atoms with Gasteiger partial charge in [-0.2, -0.15) is 5.26 Å². The van der Waals surface area contributed by atoms with Crippen molar-refractivity contribution in [1.82, 2.24) is 10.3 Å². The lowest BCUT2D eigenvalue weighted by Gasteiger charge is -2.34. The summed E-state index contributed by atoms with van der Waals surface area (Å²) >= 11 is 0. The molecule has 1 aromatic rings. The number of hydrogen-bond acceptors (Lipinski definition) is 5. The van der Waals surface area contributed by atoms with Gasteiger partial charge in [0.1, 0.15) is 17.4 Å². The number of amides is 1. The van der Waals surface area contributed by atoms with Crippen LogP contribution in [-0.4, -0.2) is 36.3 Å². The van der Waals surface area contributed by atoms with Crippen LogP contribution in [0.15, 0.2) is 18.3 Å². The van der Waals surface area contributed by atoms with Gasteiger partial charge in [0.15, 0.2) is 0 Å². The average Bonchev–Trinajstić information content (AvgIpc) is 2.52. The van der Waals surface area contributed by atoms with Crippen molar-refractivity contribution in [3.8, 4) is 6.07 Å². The minimum absolute atomic E-state index is 0.366. The summed E-state index contributed by atoms with van der Waals surface area (Å²) in [6.45, 7) is 8.00. The number of carbonyl (C=O) groups excluding carboxylic acids is 1. The summed E-state index contributed by atoms with van der Waals surface area (Å²) in [5, 5.41) is 11.7. The van der Waals surface area contributed by atoms with Gasteiger partial charge >= 0.3 is 6.09 Å². The smallest absolute Gasteiger partial charge is 0.407 e. The molecule has 0 radical (unpaired) electrons. The Morgan fingerprint density at radius 3 is 2.91 bits per heavy atom. The molecule has 1 aliphatic rings. The molecule has 6 heteroatoms. The molecule has 6 nitrogen and oxygen atoms in total. The number of carbonyl (C=O) groups is 1. The third-order valence-corrected chi connectivity index (χ3v) is 3.68. The largest absolute Gasteiger partial charge is 0.444 e. The monoisotopic (exact) mass is 316 g/mol. The number of anilines is 1. The maximum Gasteiger partial charge on any atom is 0.407 e. The van der Waals surface area contributed by atoms with Crippen molar-refractivity contribution >= 4 is 11.8 Å². The lowest BCUT2D eigenvalue weighted by molar-refractivity contribution is 0.0517. The molecule has 0 spiro atoms. The number of piperidine rings is 1. The zero-order valence-corrected chi connectivity index (χ0v) is 14.0. The molecule has 1 aliphatic heterocycles. The number of alkyl carbamates (subject to hydrolysis) is 1. The zero-order chi connectivity index (χ0) is 16.9. The van der Waals surface area contributed by atoms with Crippen LogP contribution in [0.5, 0.6) is 0 Å². The normalized spacial score (nSPS) is 18.2. The van der Waals surface area contributed by atoms with E-state index in [4.69, 9.17) is 10.00 Å². The van der Waals surface area contributed by atoms with Crippen molar-refractivity contribution in [2.45, 2.75) is 39.2 Å². The van der Waals surface area contributed by atoms with Crippen LogP contribution in [0.3, 0.4) is 0 Å². The minimum atomic E-state index is -0.475. The maximum absolute atomic E-state index is 11.7. The van der Waals surface area contributed by atoms with Gasteiger partial charge in [0.05, 0.1) is 11.9 Å². The molecule has 0 aromatic carbocycles. The first-order chi connectivity index (χ1) is 10.9. The summed E-state index contributed by atoms with van der Waals surface area (Å²) < 4.78 is 5.26. The van der Waals surface area contributed by atoms with Crippen LogP contribution >= 0.6 is 0 Å². The summed E-state index contributed by atoms with van der Waals surface area (Å²) in [4.78, 5) is 18.1. The third kappa shape index (κ3) is 5.44. The highest BCUT2D eigenvalue weighted by molar-refractivity contribution is 5.67. The fraction of sp³-hybridized carbons (Fsp3) is 0.588. The number of ether oxygens (including phenoxy) is 1. The molecule has 1 fully saturated rings. The molecule has 1 saturated heterocycles. The van der Waals surface area contributed by atoms with Gasteiger partial charge in [0, 0.05) is 19.6 Å². The number of pyridine rings is 1. The van der Waals surface area contributed by atoms with Crippen LogP contribution in [0.2, 0.25) is 0 Å². The van der Waals surface area contributed by atoms with E-state index >= 15 is 0 Å². The summed E-state index contributed by atoms with van der Waals surface area (Å²) in [6, 6.07) is 5.69. The first-order valence-corrected chi connectivity index (χ1v) is 7.95. The first kappa shape index (κ1) is 17.1. The highest BCUT2D eigenvalue weighted by atomic mass is 16.6. The maximum atomic E-state index is 11.7. The van der Waals surface area contributed by atoms with E-state index in [0.717, 1.165) is 31.6 Å². The van der Waals surface area contributed by atoms with Crippen molar-refractivity contribution in [3.63, 3.8) is 0 Å². The van der Waals surface area contributed by atoms with Crippen LogP contribution < -0.4 is 10.2 Å². The fourth-order valence-corrected chi connectivity index (χ4v) is 2.65. The third-order valence-electron chi connectivity index (χ3n) is 3.68. The van der Waals surface area contributed by atoms with Gasteiger partial charge in [-0.3, -0.25) is 0 Å². The molecule has 2 rings (SSSR count). The molecule has 1 N–H and O–H groups in total. The van der Waals surface area contributed by atoms with Crippen molar-refractivity contribution in [2.75, 3.05) is 24.5 Å². The van der Waals surface area contributed by atoms with E-state index in [1.54, 1.807) is 12.3 Å². The summed E-state index contributed by atoms with van der Waals surface area (Å²) in [5.41, 5.74) is 0.969. The Labute approximate surface area is 137 Å². The second-order valence-corrected chi connectivity index (χ2v) is 6.85. The Kier molecular flexibility index (Phi) is 5.43. The lowest BCUT2D eigenvalue weighted by Crippen LogP contribution is -2.42. The molecule has 1 atom stereocenters. The molecular formula is C17H24N4O2. The molecule has 0 aliphatic carbocycles. The number of hydrogen-bond donors (Lipinski definition) is 1. The predicted octanol–water partition coefficient (Wildman–Crippen LogP) is 2.69. The van der Waals surface area contributed by atoms with Gasteiger partial charge in [0.2, 0.25) is 0 Å². The van der Waals surface area contributed by atoms with E-state index in [2.05, 4.69) is 15.2 Å². The standard InChI is InChI=1S/C17H24N4O2/c1-17(2,3)23-16(22)20-10-13-5-4-8-21(12-13)15-7-6-14(9-18)19-11-15/h6-7,11,13H,4-5,8,10,12H2,1-3H3,(H,20,22). The number of nitriles is 1. The van der Waals surface area contributed by atoms with E-state index < -0.39 is 5.60 Å². The van der Waals surface area contributed by atoms with Crippen molar-refractivity contribution in [2.24, 2.45) is 5.92 Å². The molecule has 124 valence electrons. The van der Waals surface area contributed by atoms with Gasteiger partial charge in [-0.05, 0) is 51.7 Å². The van der Waals surface area contributed by atoms with Gasteiger partial charge in [0.25, 0.3) is 0 Å². The summed E-state index contributed by atoms with van der Waals surface area (Å²) in [6.07, 6.45) is 3.52.